The van der Waals surface area contributed by atoms with E-state index in [1.807, 2.05) is 66.5 Å². The lowest BCUT2D eigenvalue weighted by atomic mass is 10.2. The van der Waals surface area contributed by atoms with E-state index in [4.69, 9.17) is 0 Å². The fourth-order valence-electron chi connectivity index (χ4n) is 2.55. The van der Waals surface area contributed by atoms with Gasteiger partial charge in [-0.3, -0.25) is 9.00 Å². The number of anilines is 1. The summed E-state index contributed by atoms with van der Waals surface area (Å²) in [5.74, 6) is 0.575. The SMILES string of the molecule is CN(C(=O)CNc1cccc(CS(=O)c2ccccc2)c1)C1CC1. The Bertz CT molecular complexity index is 729. The van der Waals surface area contributed by atoms with Crippen molar-refractivity contribution in [2.75, 3.05) is 18.9 Å². The Morgan fingerprint density at radius 1 is 1.17 bits per heavy atom. The summed E-state index contributed by atoms with van der Waals surface area (Å²) in [6, 6.07) is 17.7. The van der Waals surface area contributed by atoms with Crippen LogP contribution in [0.3, 0.4) is 0 Å². The minimum Gasteiger partial charge on any atom is -0.376 e. The van der Waals surface area contributed by atoms with Gasteiger partial charge in [0.2, 0.25) is 5.91 Å². The third kappa shape index (κ3) is 4.45. The van der Waals surface area contributed by atoms with Crippen LogP contribution in [0.4, 0.5) is 5.69 Å². The number of nitrogens with one attached hydrogen (secondary N) is 1. The topological polar surface area (TPSA) is 49.4 Å². The van der Waals surface area contributed by atoms with Crippen LogP contribution < -0.4 is 5.32 Å². The largest absolute Gasteiger partial charge is 0.376 e. The molecule has 2 aromatic carbocycles. The highest BCUT2D eigenvalue weighted by atomic mass is 32.2. The molecule has 0 aliphatic heterocycles. The van der Waals surface area contributed by atoms with E-state index in [-0.39, 0.29) is 12.5 Å². The number of benzene rings is 2. The van der Waals surface area contributed by atoms with Gasteiger partial charge in [0.05, 0.1) is 23.1 Å². The monoisotopic (exact) mass is 342 g/mol. The zero-order chi connectivity index (χ0) is 16.9. The number of nitrogens with zero attached hydrogens (tertiary/aromatic N) is 1. The Balaban J connectivity index is 1.57. The van der Waals surface area contributed by atoms with Crippen LogP contribution in [-0.4, -0.2) is 34.7 Å². The lowest BCUT2D eigenvalue weighted by molar-refractivity contribution is -0.128. The molecule has 3 rings (SSSR count). The van der Waals surface area contributed by atoms with Gasteiger partial charge in [-0.05, 0) is 42.7 Å². The van der Waals surface area contributed by atoms with Crippen LogP contribution >= 0.6 is 0 Å². The lowest BCUT2D eigenvalue weighted by Gasteiger charge is -2.17. The molecule has 5 heteroatoms. The van der Waals surface area contributed by atoms with Crippen molar-refractivity contribution in [3.63, 3.8) is 0 Å². The predicted octanol–water partition coefficient (Wildman–Crippen LogP) is 3.03. The number of hydrogen-bond donors (Lipinski definition) is 1. The second kappa shape index (κ2) is 7.62. The molecular weight excluding hydrogens is 320 g/mol. The van der Waals surface area contributed by atoms with Crippen LogP contribution in [0.5, 0.6) is 0 Å². The highest BCUT2D eigenvalue weighted by Crippen LogP contribution is 2.25. The summed E-state index contributed by atoms with van der Waals surface area (Å²) in [4.78, 5) is 14.7. The molecule has 0 saturated heterocycles. The van der Waals surface area contributed by atoms with Crippen LogP contribution in [0.1, 0.15) is 18.4 Å². The molecule has 126 valence electrons. The summed E-state index contributed by atoms with van der Waals surface area (Å²) in [6.07, 6.45) is 2.23. The van der Waals surface area contributed by atoms with E-state index in [1.165, 1.54) is 0 Å². The van der Waals surface area contributed by atoms with Crippen molar-refractivity contribution in [2.24, 2.45) is 0 Å². The molecule has 1 saturated carbocycles. The summed E-state index contributed by atoms with van der Waals surface area (Å²) in [7, 11) is 0.799. The molecule has 0 spiro atoms. The van der Waals surface area contributed by atoms with Gasteiger partial charge in [-0.15, -0.1) is 0 Å². The van der Waals surface area contributed by atoms with E-state index >= 15 is 0 Å². The number of likely N-dealkylation sites (N-methyl/N-ethyl adjacent to an activating group) is 1. The van der Waals surface area contributed by atoms with Crippen molar-refractivity contribution in [3.05, 3.63) is 60.2 Å². The van der Waals surface area contributed by atoms with E-state index in [9.17, 15) is 9.00 Å². The maximum atomic E-state index is 12.4. The number of amides is 1. The molecule has 1 atom stereocenters. The van der Waals surface area contributed by atoms with Gasteiger partial charge in [0, 0.05) is 23.7 Å². The molecular formula is C19H22N2O2S. The summed E-state index contributed by atoms with van der Waals surface area (Å²) in [5.41, 5.74) is 1.88. The predicted molar refractivity (Wildman–Crippen MR) is 97.3 cm³/mol. The molecule has 0 radical (unpaired) electrons. The first-order chi connectivity index (χ1) is 11.6. The summed E-state index contributed by atoms with van der Waals surface area (Å²) < 4.78 is 12.4. The van der Waals surface area contributed by atoms with E-state index in [2.05, 4.69) is 5.32 Å². The second-order valence-corrected chi connectivity index (χ2v) is 7.54. The molecule has 1 N–H and O–H groups in total. The molecule has 1 unspecified atom stereocenters. The van der Waals surface area contributed by atoms with Crippen molar-refractivity contribution in [1.29, 1.82) is 0 Å². The molecule has 0 heterocycles. The highest BCUT2D eigenvalue weighted by molar-refractivity contribution is 7.84. The Morgan fingerprint density at radius 2 is 1.92 bits per heavy atom. The minimum absolute atomic E-state index is 0.107. The van der Waals surface area contributed by atoms with E-state index in [1.54, 1.807) is 0 Å². The van der Waals surface area contributed by atoms with Crippen LogP contribution in [0.15, 0.2) is 59.5 Å². The fourth-order valence-corrected chi connectivity index (χ4v) is 3.66. The first kappa shape index (κ1) is 16.7. The Morgan fingerprint density at radius 3 is 2.62 bits per heavy atom. The van der Waals surface area contributed by atoms with E-state index in [0.717, 1.165) is 29.0 Å². The number of carbonyl (C=O) groups is 1. The molecule has 0 aromatic heterocycles. The second-order valence-electron chi connectivity index (χ2n) is 6.09. The average molecular weight is 342 g/mol. The van der Waals surface area contributed by atoms with Crippen LogP contribution in [0, 0.1) is 0 Å². The standard InChI is InChI=1S/C19H22N2O2S/c1-21(17-10-11-17)19(22)13-20-16-7-5-6-15(12-16)14-24(23)18-8-3-2-4-9-18/h2-9,12,17,20H,10-11,13-14H2,1H3. The Hall–Kier alpha value is -2.14. The minimum atomic E-state index is -1.06. The highest BCUT2D eigenvalue weighted by Gasteiger charge is 2.29. The van der Waals surface area contributed by atoms with Gasteiger partial charge < -0.3 is 10.2 Å². The average Bonchev–Trinajstić information content (AvgIpc) is 3.45. The molecule has 4 nitrogen and oxygen atoms in total. The van der Waals surface area contributed by atoms with E-state index < -0.39 is 10.8 Å². The van der Waals surface area contributed by atoms with Crippen LogP contribution in [0.2, 0.25) is 0 Å². The van der Waals surface area contributed by atoms with E-state index in [0.29, 0.717) is 11.8 Å². The smallest absolute Gasteiger partial charge is 0.241 e. The summed E-state index contributed by atoms with van der Waals surface area (Å²) >= 11 is 0. The number of rotatable bonds is 7. The maximum absolute atomic E-state index is 12.4. The van der Waals surface area contributed by atoms with Crippen molar-refractivity contribution in [3.8, 4) is 0 Å². The maximum Gasteiger partial charge on any atom is 0.241 e. The normalized spacial score (nSPS) is 14.9. The molecule has 1 aliphatic rings. The van der Waals surface area contributed by atoms with Crippen molar-refractivity contribution in [2.45, 2.75) is 29.5 Å². The summed E-state index contributed by atoms with van der Waals surface area (Å²) in [6.45, 7) is 0.290. The van der Waals surface area contributed by atoms with Gasteiger partial charge in [-0.25, -0.2) is 0 Å². The number of hydrogen-bond acceptors (Lipinski definition) is 3. The van der Waals surface area contributed by atoms with Gasteiger partial charge in [0.25, 0.3) is 0 Å². The van der Waals surface area contributed by atoms with Crippen molar-refractivity contribution in [1.82, 2.24) is 4.90 Å². The van der Waals surface area contributed by atoms with Gasteiger partial charge in [-0.2, -0.15) is 0 Å². The number of carbonyl (C=O) groups excluding carboxylic acids is 1. The fraction of sp³-hybridized carbons (Fsp3) is 0.316. The van der Waals surface area contributed by atoms with Crippen LogP contribution in [-0.2, 0) is 21.3 Å². The van der Waals surface area contributed by atoms with Crippen molar-refractivity contribution < 1.29 is 9.00 Å². The molecule has 2 aromatic rings. The van der Waals surface area contributed by atoms with Crippen molar-refractivity contribution >= 4 is 22.4 Å². The van der Waals surface area contributed by atoms with Gasteiger partial charge in [0.1, 0.15) is 0 Å². The first-order valence-electron chi connectivity index (χ1n) is 8.15. The zero-order valence-corrected chi connectivity index (χ0v) is 14.6. The third-order valence-electron chi connectivity index (χ3n) is 4.16. The van der Waals surface area contributed by atoms with Crippen LogP contribution in [0.25, 0.3) is 0 Å². The third-order valence-corrected chi connectivity index (χ3v) is 5.56. The molecule has 0 bridgehead atoms. The molecule has 1 amide bonds. The van der Waals surface area contributed by atoms with Gasteiger partial charge >= 0.3 is 0 Å². The lowest BCUT2D eigenvalue weighted by Crippen LogP contribution is -2.33. The quantitative estimate of drug-likeness (QED) is 0.841. The van der Waals surface area contributed by atoms with Gasteiger partial charge in [-0.1, -0.05) is 30.3 Å². The zero-order valence-electron chi connectivity index (χ0n) is 13.8. The molecule has 1 fully saturated rings. The van der Waals surface area contributed by atoms with Gasteiger partial charge in [0.15, 0.2) is 0 Å². The Labute approximate surface area is 145 Å². The molecule has 24 heavy (non-hydrogen) atoms. The molecule has 1 aliphatic carbocycles. The summed E-state index contributed by atoms with van der Waals surface area (Å²) in [5, 5.41) is 3.17. The Kier molecular flexibility index (Phi) is 5.30. The first-order valence-corrected chi connectivity index (χ1v) is 9.47.